The summed E-state index contributed by atoms with van der Waals surface area (Å²) in [5, 5.41) is 0. The molecule has 24 heavy (non-hydrogen) atoms. The normalized spacial score (nSPS) is 11.8. The second-order valence-electron chi connectivity index (χ2n) is 5.76. The molecular formula is C16H19FIN3O2S. The Morgan fingerprint density at radius 2 is 1.79 bits per heavy atom. The number of sulfonamides is 1. The molecule has 0 aliphatic carbocycles. The van der Waals surface area contributed by atoms with Gasteiger partial charge in [-0.3, -0.25) is 0 Å². The van der Waals surface area contributed by atoms with Crippen LogP contribution in [0.5, 0.6) is 0 Å². The van der Waals surface area contributed by atoms with Gasteiger partial charge in [0.15, 0.2) is 0 Å². The number of hydrogen-bond donors (Lipinski definition) is 0. The maximum Gasteiger partial charge on any atom is 0.239 e. The summed E-state index contributed by atoms with van der Waals surface area (Å²) in [6, 6.07) is 6.01. The van der Waals surface area contributed by atoms with Crippen LogP contribution in [-0.4, -0.2) is 31.7 Å². The van der Waals surface area contributed by atoms with Gasteiger partial charge in [-0.05, 0) is 30.2 Å². The Morgan fingerprint density at radius 1 is 1.21 bits per heavy atom. The SMILES string of the molecule is CC(C)c1nc(N(C)S(C)(=O)=O)nc(-c2ccc(F)cc2)c1CI. The minimum absolute atomic E-state index is 0.101. The molecule has 0 saturated heterocycles. The maximum atomic E-state index is 13.2. The highest BCUT2D eigenvalue weighted by molar-refractivity contribution is 14.1. The number of rotatable bonds is 5. The van der Waals surface area contributed by atoms with E-state index in [0.717, 1.165) is 27.4 Å². The number of halogens is 2. The van der Waals surface area contributed by atoms with Crippen LogP contribution in [0.3, 0.4) is 0 Å². The zero-order valence-corrected chi connectivity index (χ0v) is 16.9. The summed E-state index contributed by atoms with van der Waals surface area (Å²) in [6.45, 7) is 3.99. The highest BCUT2D eigenvalue weighted by atomic mass is 127. The van der Waals surface area contributed by atoms with Gasteiger partial charge in [0.25, 0.3) is 0 Å². The molecule has 1 heterocycles. The van der Waals surface area contributed by atoms with Crippen LogP contribution in [0.15, 0.2) is 24.3 Å². The van der Waals surface area contributed by atoms with Crippen LogP contribution in [0, 0.1) is 5.82 Å². The van der Waals surface area contributed by atoms with Crippen molar-refractivity contribution in [3.05, 3.63) is 41.3 Å². The third-order valence-corrected chi connectivity index (χ3v) is 5.53. The van der Waals surface area contributed by atoms with Gasteiger partial charge >= 0.3 is 0 Å². The smallest absolute Gasteiger partial charge is 0.239 e. The Morgan fingerprint density at radius 3 is 2.25 bits per heavy atom. The van der Waals surface area contributed by atoms with Crippen molar-refractivity contribution in [3.8, 4) is 11.3 Å². The fourth-order valence-corrected chi connectivity index (χ4v) is 3.36. The van der Waals surface area contributed by atoms with Gasteiger partial charge in [-0.1, -0.05) is 36.4 Å². The number of anilines is 1. The number of aromatic nitrogens is 2. The zero-order chi connectivity index (χ0) is 18.1. The Labute approximate surface area is 155 Å². The molecule has 1 aromatic heterocycles. The summed E-state index contributed by atoms with van der Waals surface area (Å²) in [5.74, 6) is -0.112. The van der Waals surface area contributed by atoms with Gasteiger partial charge in [-0.2, -0.15) is 0 Å². The third-order valence-electron chi connectivity index (χ3n) is 3.60. The lowest BCUT2D eigenvalue weighted by Gasteiger charge is -2.20. The molecule has 0 amide bonds. The Balaban J connectivity index is 2.76. The van der Waals surface area contributed by atoms with Crippen molar-refractivity contribution in [1.82, 2.24) is 9.97 Å². The van der Waals surface area contributed by atoms with E-state index >= 15 is 0 Å². The van der Waals surface area contributed by atoms with Gasteiger partial charge in [0.05, 0.1) is 17.6 Å². The van der Waals surface area contributed by atoms with E-state index in [1.165, 1.54) is 19.2 Å². The van der Waals surface area contributed by atoms with Gasteiger partial charge in [-0.25, -0.2) is 27.1 Å². The van der Waals surface area contributed by atoms with E-state index in [1.54, 1.807) is 12.1 Å². The maximum absolute atomic E-state index is 13.2. The lowest BCUT2D eigenvalue weighted by Crippen LogP contribution is -2.27. The lowest BCUT2D eigenvalue weighted by atomic mass is 10.00. The molecule has 0 radical (unpaired) electrons. The first kappa shape index (κ1) is 19.0. The zero-order valence-electron chi connectivity index (χ0n) is 13.9. The monoisotopic (exact) mass is 463 g/mol. The predicted octanol–water partition coefficient (Wildman–Crippen LogP) is 3.74. The molecule has 2 rings (SSSR count). The van der Waals surface area contributed by atoms with E-state index in [0.29, 0.717) is 10.1 Å². The molecule has 5 nitrogen and oxygen atoms in total. The Kier molecular flexibility index (Phi) is 5.79. The topological polar surface area (TPSA) is 63.2 Å². The highest BCUT2D eigenvalue weighted by Crippen LogP contribution is 2.31. The Bertz CT molecular complexity index is 839. The van der Waals surface area contributed by atoms with Crippen LogP contribution < -0.4 is 4.31 Å². The van der Waals surface area contributed by atoms with E-state index < -0.39 is 10.0 Å². The number of alkyl halides is 1. The van der Waals surface area contributed by atoms with Crippen molar-refractivity contribution in [1.29, 1.82) is 0 Å². The largest absolute Gasteiger partial charge is 0.241 e. The van der Waals surface area contributed by atoms with Crippen molar-refractivity contribution < 1.29 is 12.8 Å². The van der Waals surface area contributed by atoms with E-state index in [-0.39, 0.29) is 17.7 Å². The standard InChI is InChI=1S/C16H19FIN3O2S/c1-10(2)14-13(9-18)15(11-5-7-12(17)8-6-11)20-16(19-14)21(3)24(4,22)23/h5-8,10H,9H2,1-4H3. The van der Waals surface area contributed by atoms with E-state index in [9.17, 15) is 12.8 Å². The molecule has 0 aliphatic heterocycles. The van der Waals surface area contributed by atoms with E-state index in [4.69, 9.17) is 0 Å². The van der Waals surface area contributed by atoms with Crippen LogP contribution in [0.2, 0.25) is 0 Å². The molecule has 1 aromatic carbocycles. The number of hydrogen-bond acceptors (Lipinski definition) is 4. The number of nitrogens with zero attached hydrogens (tertiary/aromatic N) is 3. The highest BCUT2D eigenvalue weighted by Gasteiger charge is 2.22. The van der Waals surface area contributed by atoms with Crippen LogP contribution in [0.25, 0.3) is 11.3 Å². The van der Waals surface area contributed by atoms with Crippen molar-refractivity contribution in [2.45, 2.75) is 24.2 Å². The molecule has 0 atom stereocenters. The van der Waals surface area contributed by atoms with Gasteiger partial charge in [0.1, 0.15) is 5.82 Å². The minimum atomic E-state index is -3.48. The first-order valence-corrected chi connectivity index (χ1v) is 10.7. The summed E-state index contributed by atoms with van der Waals surface area (Å²) in [6.07, 6.45) is 1.11. The fourth-order valence-electron chi connectivity index (χ4n) is 2.23. The molecule has 0 aliphatic rings. The molecule has 0 unspecified atom stereocenters. The molecule has 0 fully saturated rings. The van der Waals surface area contributed by atoms with Crippen molar-refractivity contribution in [3.63, 3.8) is 0 Å². The molecule has 0 saturated carbocycles. The summed E-state index contributed by atoms with van der Waals surface area (Å²) >= 11 is 2.23. The van der Waals surface area contributed by atoms with Crippen molar-refractivity contribution in [2.24, 2.45) is 0 Å². The molecule has 0 spiro atoms. The van der Waals surface area contributed by atoms with Crippen LogP contribution in [0.1, 0.15) is 31.0 Å². The molecule has 130 valence electrons. The van der Waals surface area contributed by atoms with Gasteiger partial charge in [0, 0.05) is 22.6 Å². The third kappa shape index (κ3) is 4.02. The first-order valence-electron chi connectivity index (χ1n) is 7.31. The Hall–Kier alpha value is -1.29. The fraction of sp³-hybridized carbons (Fsp3) is 0.375. The van der Waals surface area contributed by atoms with Crippen LogP contribution in [-0.2, 0) is 14.5 Å². The van der Waals surface area contributed by atoms with Gasteiger partial charge < -0.3 is 0 Å². The molecule has 2 aromatic rings. The van der Waals surface area contributed by atoms with Crippen molar-refractivity contribution in [2.75, 3.05) is 17.6 Å². The van der Waals surface area contributed by atoms with E-state index in [1.807, 2.05) is 13.8 Å². The summed E-state index contributed by atoms with van der Waals surface area (Å²) in [4.78, 5) is 8.93. The summed E-state index contributed by atoms with van der Waals surface area (Å²) < 4.78 is 38.7. The van der Waals surface area contributed by atoms with Crippen LogP contribution in [0.4, 0.5) is 10.3 Å². The molecule has 0 N–H and O–H groups in total. The van der Waals surface area contributed by atoms with Crippen LogP contribution >= 0.6 is 22.6 Å². The minimum Gasteiger partial charge on any atom is -0.241 e. The van der Waals surface area contributed by atoms with E-state index in [2.05, 4.69) is 32.6 Å². The molecular weight excluding hydrogens is 444 g/mol. The predicted molar refractivity (Wildman–Crippen MR) is 102 cm³/mol. The second-order valence-corrected chi connectivity index (χ2v) is 8.54. The average Bonchev–Trinajstić information content (AvgIpc) is 2.52. The summed E-state index contributed by atoms with van der Waals surface area (Å²) in [5.41, 5.74) is 3.09. The van der Waals surface area contributed by atoms with Crippen molar-refractivity contribution >= 4 is 38.6 Å². The van der Waals surface area contributed by atoms with Gasteiger partial charge in [-0.15, -0.1) is 0 Å². The first-order chi connectivity index (χ1) is 11.1. The summed E-state index contributed by atoms with van der Waals surface area (Å²) in [7, 11) is -2.05. The quantitative estimate of drug-likeness (QED) is 0.501. The average molecular weight is 463 g/mol. The number of benzene rings is 1. The van der Waals surface area contributed by atoms with Gasteiger partial charge in [0.2, 0.25) is 16.0 Å². The second kappa shape index (κ2) is 7.30. The lowest BCUT2D eigenvalue weighted by molar-refractivity contribution is 0.599. The molecule has 8 heteroatoms. The molecule has 0 bridgehead atoms.